The first-order valence-electron chi connectivity index (χ1n) is 15.1. The molecule has 1 heterocycles. The minimum absolute atomic E-state index is 0. The van der Waals surface area contributed by atoms with Gasteiger partial charge in [-0.25, -0.2) is 15.2 Å². The Balaban J connectivity index is 0.0000230. The number of hydroxylamine groups is 6. The van der Waals surface area contributed by atoms with Crippen LogP contribution in [0.15, 0.2) is 0 Å². The van der Waals surface area contributed by atoms with E-state index in [1.54, 1.807) is 0 Å². The molecular weight excluding hydrogens is 698 g/mol. The second kappa shape index (κ2) is 23.1. The van der Waals surface area contributed by atoms with Crippen molar-refractivity contribution in [3.8, 4) is 0 Å². The van der Waals surface area contributed by atoms with E-state index in [1.807, 2.05) is 0 Å². The normalized spacial score (nSPS) is 19.6. The number of hydrogen-bond acceptors (Lipinski definition) is 12. The molecule has 1 radical (unpaired) electrons. The second-order valence-electron chi connectivity index (χ2n) is 10.9. The van der Waals surface area contributed by atoms with E-state index in [0.717, 1.165) is 20.8 Å². The zero-order chi connectivity index (χ0) is 36.4. The molecule has 3 atom stereocenters. The van der Waals surface area contributed by atoms with E-state index in [-0.39, 0.29) is 75.2 Å². The third-order valence-electron chi connectivity index (χ3n) is 6.91. The van der Waals surface area contributed by atoms with Crippen LogP contribution in [0, 0.1) is 0 Å². The Morgan fingerprint density at radius 1 is 0.531 bits per heavy atom. The molecule has 0 aromatic carbocycles. The van der Waals surface area contributed by atoms with Crippen molar-refractivity contribution < 1.29 is 75.8 Å². The summed E-state index contributed by atoms with van der Waals surface area (Å²) in [7, 11) is 0. The van der Waals surface area contributed by atoms with E-state index >= 15 is 0 Å². The van der Waals surface area contributed by atoms with Gasteiger partial charge >= 0.3 is 17.1 Å². The van der Waals surface area contributed by atoms with E-state index in [1.165, 1.54) is 0 Å². The second-order valence-corrected chi connectivity index (χ2v) is 10.9. The maximum Gasteiger partial charge on any atom is 3.00 e. The van der Waals surface area contributed by atoms with Gasteiger partial charge in [0.2, 0.25) is 53.2 Å². The van der Waals surface area contributed by atoms with E-state index in [9.17, 15) is 58.8 Å². The maximum absolute atomic E-state index is 13.5. The maximum atomic E-state index is 13.5. The van der Waals surface area contributed by atoms with Gasteiger partial charge in [-0.1, -0.05) is 0 Å². The summed E-state index contributed by atoms with van der Waals surface area (Å²) in [5, 5.41) is 44.5. The van der Waals surface area contributed by atoms with Crippen LogP contribution in [0.5, 0.6) is 0 Å². The van der Waals surface area contributed by atoms with E-state index in [4.69, 9.17) is 0 Å². The van der Waals surface area contributed by atoms with E-state index < -0.39 is 90.9 Å². The summed E-state index contributed by atoms with van der Waals surface area (Å²) < 4.78 is 0. The topological polar surface area (TPSA) is 296 Å². The predicted molar refractivity (Wildman–Crippen MR) is 160 cm³/mol. The Bertz CT molecular complexity index is 1180. The molecule has 0 bridgehead atoms. The van der Waals surface area contributed by atoms with Crippen molar-refractivity contribution in [1.29, 1.82) is 0 Å². The fraction of sp³-hybridized carbons (Fsp3) is 0.667. The summed E-state index contributed by atoms with van der Waals surface area (Å²) >= 11 is 0. The smallest absolute Gasteiger partial charge is 0.346 e. The Hall–Kier alpha value is -4.37. The van der Waals surface area contributed by atoms with Crippen LogP contribution in [0.2, 0.25) is 0 Å². The van der Waals surface area contributed by atoms with Gasteiger partial charge in [0.1, 0.15) is 18.1 Å². The first-order chi connectivity index (χ1) is 22.5. The molecule has 21 nitrogen and oxygen atoms in total. The third kappa shape index (κ3) is 18.1. The molecule has 1 rings (SSSR count). The fourth-order valence-electron chi connectivity index (χ4n) is 4.18. The van der Waals surface area contributed by atoms with Gasteiger partial charge in [0.25, 0.3) is 0 Å². The van der Waals surface area contributed by atoms with Crippen LogP contribution in [0.4, 0.5) is 0 Å². The first kappa shape index (κ1) is 44.6. The van der Waals surface area contributed by atoms with Gasteiger partial charge < -0.3 is 31.9 Å². The van der Waals surface area contributed by atoms with Gasteiger partial charge in [0.05, 0.1) is 19.6 Å². The molecule has 0 aromatic heterocycles. The summed E-state index contributed by atoms with van der Waals surface area (Å²) in [6.45, 7) is 0.894. The van der Waals surface area contributed by atoms with Crippen molar-refractivity contribution >= 4 is 53.2 Å². The third-order valence-corrected chi connectivity index (χ3v) is 6.91. The van der Waals surface area contributed by atoms with Gasteiger partial charge in [-0.2, -0.15) is 0 Å². The molecule has 22 heteroatoms. The zero-order valence-corrected chi connectivity index (χ0v) is 28.5. The summed E-state index contributed by atoms with van der Waals surface area (Å²) in [6.07, 6.45) is -0.483. The number of rotatable bonds is 12. The molecule has 1 aliphatic heterocycles. The summed E-state index contributed by atoms with van der Waals surface area (Å²) in [5.41, 5.74) is 0. The van der Waals surface area contributed by atoms with Gasteiger partial charge in [0.15, 0.2) is 0 Å². The Labute approximate surface area is 292 Å². The molecule has 0 aliphatic carbocycles. The largest absolute Gasteiger partial charge is 3.00 e. The van der Waals surface area contributed by atoms with Gasteiger partial charge in [-0.15, -0.1) is 0 Å². The summed E-state index contributed by atoms with van der Waals surface area (Å²) in [4.78, 5) is 111. The van der Waals surface area contributed by atoms with Crippen LogP contribution >= 0.6 is 0 Å². The molecule has 1 saturated heterocycles. The fourth-order valence-corrected chi connectivity index (χ4v) is 4.18. The van der Waals surface area contributed by atoms with Crippen LogP contribution in [0.1, 0.15) is 59.3 Å². The molecule has 9 N–H and O–H groups in total. The molecule has 275 valence electrons. The number of carbonyl (C=O) groups excluding carboxylic acids is 9. The van der Waals surface area contributed by atoms with Crippen molar-refractivity contribution in [1.82, 2.24) is 47.1 Å². The number of nitrogens with one attached hydrogen (secondary N) is 6. The van der Waals surface area contributed by atoms with Gasteiger partial charge in [0, 0.05) is 40.4 Å². The molecule has 0 saturated carbocycles. The van der Waals surface area contributed by atoms with Crippen molar-refractivity contribution in [2.75, 3.05) is 39.3 Å². The van der Waals surface area contributed by atoms with Gasteiger partial charge in [-0.05, 0) is 38.5 Å². The molecule has 1 fully saturated rings. The molecule has 1 aliphatic rings. The van der Waals surface area contributed by atoms with Crippen LogP contribution in [0.25, 0.3) is 0 Å². The van der Waals surface area contributed by atoms with Crippen molar-refractivity contribution in [2.45, 2.75) is 77.4 Å². The first-order valence-corrected chi connectivity index (χ1v) is 15.1. The number of nitrogens with zero attached hydrogens (tertiary/aromatic N) is 3. The predicted octanol–water partition coefficient (Wildman–Crippen LogP) is -4.15. The number of amides is 9. The standard InChI is InChI=1S/C27H45N9O12.Fe/c1-16(37)34(46)10-4-7-19-25(43)30-14-23(41)28-13-22(40)29-15-24(42)31-20(8-5-11-35(47)17(2)38)26(44)33-21(27(45)32-19)9-6-12-36(48)18(3)39;/h19-21,46-48H,4-15H2,1-3H3,(H,28,41)(H,29,40)(H,30,43)(H,31,42)(H,32,45)(H,33,44);/q;+3. The van der Waals surface area contributed by atoms with Crippen LogP contribution in [0.3, 0.4) is 0 Å². The molecule has 9 amide bonds. The van der Waals surface area contributed by atoms with Crippen molar-refractivity contribution in [3.05, 3.63) is 0 Å². The van der Waals surface area contributed by atoms with Crippen molar-refractivity contribution in [3.63, 3.8) is 0 Å². The summed E-state index contributed by atoms with van der Waals surface area (Å²) in [6, 6.07) is -4.11. The van der Waals surface area contributed by atoms with Crippen LogP contribution in [-0.2, 0) is 60.2 Å². The average Bonchev–Trinajstić information content (AvgIpc) is 3.02. The monoisotopic (exact) mass is 743 g/mol. The number of hydrogen-bond donors (Lipinski definition) is 9. The van der Waals surface area contributed by atoms with E-state index in [2.05, 4.69) is 31.9 Å². The van der Waals surface area contributed by atoms with Gasteiger partial charge in [-0.3, -0.25) is 58.8 Å². The summed E-state index contributed by atoms with van der Waals surface area (Å²) in [5.74, 6) is -7.02. The molecular formula is C27H45FeN9O12+3. The molecule has 0 spiro atoms. The van der Waals surface area contributed by atoms with E-state index in [0.29, 0.717) is 15.2 Å². The van der Waals surface area contributed by atoms with Crippen LogP contribution in [-0.4, -0.2) is 141 Å². The minimum atomic E-state index is -1.41. The minimum Gasteiger partial charge on any atom is -0.346 e. The Kier molecular flexibility index (Phi) is 21.0. The molecule has 0 aromatic rings. The zero-order valence-electron chi connectivity index (χ0n) is 27.4. The quantitative estimate of drug-likeness (QED) is 0.0523. The Morgan fingerprint density at radius 3 is 1.20 bits per heavy atom. The SMILES string of the molecule is CC(=O)N(O)CCCC1NC(=O)CNC(=O)CNC(=O)CNC(=O)C(CCCN(O)C(C)=O)NC(=O)C(CCCN(O)C(C)=O)NC1=O.[Fe+3]. The number of carbonyl (C=O) groups is 9. The van der Waals surface area contributed by atoms with Crippen LogP contribution < -0.4 is 31.9 Å². The average molecular weight is 744 g/mol. The van der Waals surface area contributed by atoms with Crippen molar-refractivity contribution in [2.24, 2.45) is 0 Å². The molecule has 49 heavy (non-hydrogen) atoms. The Morgan fingerprint density at radius 2 is 0.837 bits per heavy atom. The molecule has 3 unspecified atom stereocenters.